The third-order valence-electron chi connectivity index (χ3n) is 4.06. The highest BCUT2D eigenvalue weighted by Gasteiger charge is 2.07. The summed E-state index contributed by atoms with van der Waals surface area (Å²) >= 11 is 0. The topological polar surface area (TPSA) is 42.5 Å². The van der Waals surface area contributed by atoms with Crippen LogP contribution in [-0.2, 0) is 9.31 Å². The molecule has 2 radical (unpaired) electrons. The molecule has 2 N–H and O–H groups in total. The molecule has 0 aliphatic carbocycles. The van der Waals surface area contributed by atoms with Crippen molar-refractivity contribution in [2.45, 2.75) is 0 Å². The summed E-state index contributed by atoms with van der Waals surface area (Å²) < 4.78 is 11.4. The summed E-state index contributed by atoms with van der Waals surface area (Å²) in [4.78, 5) is 0. The quantitative estimate of drug-likeness (QED) is 0.380. The first-order chi connectivity index (χ1) is 13.9. The minimum atomic E-state index is 0.588. The van der Waals surface area contributed by atoms with Crippen LogP contribution in [0.4, 0.5) is 11.4 Å². The zero-order valence-corrected chi connectivity index (χ0v) is 15.9. The summed E-state index contributed by atoms with van der Waals surface area (Å²) in [5.41, 5.74) is 4.19. The first-order valence-electron chi connectivity index (χ1n) is 9.48. The molecule has 3 rings (SSSR count). The molecule has 0 aromatic heterocycles. The fourth-order valence-corrected chi connectivity index (χ4v) is 2.64. The molecule has 3 aromatic carbocycles. The molecule has 140 valence electrons. The smallest absolute Gasteiger partial charge is 0.329 e. The summed E-state index contributed by atoms with van der Waals surface area (Å²) in [6, 6.07) is 28.2. The molecular formula is C22H24B2N2O2. The molecule has 0 fully saturated rings. The van der Waals surface area contributed by atoms with Gasteiger partial charge in [0.1, 0.15) is 0 Å². The molecule has 0 bridgehead atoms. The molecule has 0 spiro atoms. The van der Waals surface area contributed by atoms with Crippen molar-refractivity contribution in [1.82, 2.24) is 0 Å². The van der Waals surface area contributed by atoms with Gasteiger partial charge in [0.2, 0.25) is 0 Å². The Morgan fingerprint density at radius 1 is 0.536 bits per heavy atom. The number of nitrogens with one attached hydrogen (secondary N) is 2. The Labute approximate surface area is 168 Å². The van der Waals surface area contributed by atoms with Crippen molar-refractivity contribution in [3.63, 3.8) is 0 Å². The van der Waals surface area contributed by atoms with E-state index in [1.807, 2.05) is 84.9 Å². The van der Waals surface area contributed by atoms with Gasteiger partial charge in [-0.2, -0.15) is 0 Å². The van der Waals surface area contributed by atoms with Crippen LogP contribution in [0.5, 0.6) is 0 Å². The van der Waals surface area contributed by atoms with Crippen LogP contribution >= 0.6 is 0 Å². The van der Waals surface area contributed by atoms with Gasteiger partial charge in [0, 0.05) is 37.7 Å². The third kappa shape index (κ3) is 7.14. The first-order valence-corrected chi connectivity index (χ1v) is 9.48. The number of hydrogen-bond donors (Lipinski definition) is 2. The van der Waals surface area contributed by atoms with Crippen molar-refractivity contribution >= 4 is 37.3 Å². The standard InChI is InChI=1S/C22H24B2N2O2/c1-3-9-19(10-4-1)25-15-17-27-23-21-13-7-8-14-22(21)24-28-18-16-26-20-11-5-2-6-12-20/h1-14,25-26H,15-18H2. The number of benzene rings is 3. The van der Waals surface area contributed by atoms with Crippen molar-refractivity contribution in [3.05, 3.63) is 84.9 Å². The van der Waals surface area contributed by atoms with Gasteiger partial charge in [-0.15, -0.1) is 0 Å². The van der Waals surface area contributed by atoms with E-state index in [1.54, 1.807) is 15.0 Å². The predicted octanol–water partition coefficient (Wildman–Crippen LogP) is 2.43. The molecule has 0 heterocycles. The highest BCUT2D eigenvalue weighted by atomic mass is 16.4. The predicted molar refractivity (Wildman–Crippen MR) is 119 cm³/mol. The van der Waals surface area contributed by atoms with Crippen LogP contribution in [0.3, 0.4) is 0 Å². The number of anilines is 2. The third-order valence-corrected chi connectivity index (χ3v) is 4.06. The maximum Gasteiger partial charge on any atom is 0.329 e. The molecule has 28 heavy (non-hydrogen) atoms. The highest BCUT2D eigenvalue weighted by Crippen LogP contribution is 2.04. The summed E-state index contributed by atoms with van der Waals surface area (Å²) in [6.07, 6.45) is 0. The van der Waals surface area contributed by atoms with Gasteiger partial charge >= 0.3 is 15.0 Å². The number of hydrogen-bond acceptors (Lipinski definition) is 4. The average molecular weight is 370 g/mol. The monoisotopic (exact) mass is 370 g/mol. The summed E-state index contributed by atoms with van der Waals surface area (Å²) in [6.45, 7) is 2.66. The van der Waals surface area contributed by atoms with Gasteiger partial charge < -0.3 is 19.9 Å². The number of rotatable bonds is 12. The van der Waals surface area contributed by atoms with Crippen LogP contribution in [0.25, 0.3) is 0 Å². The van der Waals surface area contributed by atoms with E-state index >= 15 is 0 Å². The van der Waals surface area contributed by atoms with E-state index in [2.05, 4.69) is 10.6 Å². The molecule has 0 atom stereocenters. The summed E-state index contributed by atoms with van der Waals surface area (Å²) in [5.74, 6) is 0. The van der Waals surface area contributed by atoms with Gasteiger partial charge in [-0.1, -0.05) is 71.6 Å². The Morgan fingerprint density at radius 3 is 1.36 bits per heavy atom. The van der Waals surface area contributed by atoms with Crippen molar-refractivity contribution < 1.29 is 9.31 Å². The van der Waals surface area contributed by atoms with Gasteiger partial charge in [0.05, 0.1) is 0 Å². The molecule has 0 aliphatic rings. The van der Waals surface area contributed by atoms with Crippen molar-refractivity contribution in [1.29, 1.82) is 0 Å². The van der Waals surface area contributed by atoms with E-state index in [0.717, 1.165) is 35.4 Å². The second kappa shape index (κ2) is 11.9. The highest BCUT2D eigenvalue weighted by molar-refractivity contribution is 6.61. The zero-order valence-electron chi connectivity index (χ0n) is 15.9. The lowest BCUT2D eigenvalue weighted by molar-refractivity contribution is 0.357. The van der Waals surface area contributed by atoms with Gasteiger partial charge in [-0.25, -0.2) is 0 Å². The first kappa shape index (κ1) is 20.1. The Balaban J connectivity index is 1.33. The maximum atomic E-state index is 5.69. The SMILES string of the molecule is [B](OCCNc1ccccc1)c1ccccc1[B]OCCNc1ccccc1. The van der Waals surface area contributed by atoms with E-state index < -0.39 is 0 Å². The van der Waals surface area contributed by atoms with Gasteiger partial charge in [-0.3, -0.25) is 0 Å². The molecule has 0 saturated heterocycles. The molecular weight excluding hydrogens is 346 g/mol. The van der Waals surface area contributed by atoms with Crippen LogP contribution in [0.15, 0.2) is 84.9 Å². The summed E-state index contributed by atoms with van der Waals surface area (Å²) in [5, 5.41) is 6.65. The number of para-hydroxylation sites is 2. The second-order valence-corrected chi connectivity index (χ2v) is 6.19. The van der Waals surface area contributed by atoms with Crippen LogP contribution in [-0.4, -0.2) is 41.3 Å². The second-order valence-electron chi connectivity index (χ2n) is 6.19. The van der Waals surface area contributed by atoms with E-state index in [-0.39, 0.29) is 0 Å². The normalized spacial score (nSPS) is 10.3. The Hall–Kier alpha value is -2.69. The van der Waals surface area contributed by atoms with Gasteiger partial charge in [-0.05, 0) is 24.3 Å². The van der Waals surface area contributed by atoms with E-state index in [1.165, 1.54) is 0 Å². The molecule has 0 saturated carbocycles. The molecule has 4 nitrogen and oxygen atoms in total. The molecule has 3 aromatic rings. The summed E-state index contributed by atoms with van der Waals surface area (Å²) in [7, 11) is 3.56. The fraction of sp³-hybridized carbons (Fsp3) is 0.182. The van der Waals surface area contributed by atoms with Crippen LogP contribution < -0.4 is 21.6 Å². The lowest BCUT2D eigenvalue weighted by Crippen LogP contribution is -2.38. The van der Waals surface area contributed by atoms with Crippen LogP contribution in [0.2, 0.25) is 0 Å². The Bertz CT molecular complexity index is 735. The Morgan fingerprint density at radius 2 is 0.929 bits per heavy atom. The molecule has 6 heteroatoms. The lowest BCUT2D eigenvalue weighted by atomic mass is 9.73. The van der Waals surface area contributed by atoms with Crippen molar-refractivity contribution in [3.8, 4) is 0 Å². The fourth-order valence-electron chi connectivity index (χ4n) is 2.64. The maximum absolute atomic E-state index is 5.69. The van der Waals surface area contributed by atoms with E-state index in [9.17, 15) is 0 Å². The average Bonchev–Trinajstić information content (AvgIpc) is 2.76. The zero-order chi connectivity index (χ0) is 19.3. The minimum absolute atomic E-state index is 0.588. The van der Waals surface area contributed by atoms with Crippen molar-refractivity contribution in [2.24, 2.45) is 0 Å². The van der Waals surface area contributed by atoms with E-state index in [4.69, 9.17) is 9.31 Å². The van der Waals surface area contributed by atoms with Crippen molar-refractivity contribution in [2.75, 3.05) is 36.9 Å². The van der Waals surface area contributed by atoms with Gasteiger partial charge in [0.15, 0.2) is 0 Å². The minimum Gasteiger partial charge on any atom is -0.432 e. The lowest BCUT2D eigenvalue weighted by Gasteiger charge is -2.10. The van der Waals surface area contributed by atoms with Gasteiger partial charge in [0.25, 0.3) is 0 Å². The molecule has 0 aliphatic heterocycles. The molecule has 0 amide bonds. The van der Waals surface area contributed by atoms with Crippen LogP contribution in [0.1, 0.15) is 0 Å². The Kier molecular flexibility index (Phi) is 8.53. The van der Waals surface area contributed by atoms with E-state index in [0.29, 0.717) is 13.2 Å². The molecule has 0 unspecified atom stereocenters. The largest absolute Gasteiger partial charge is 0.432 e. The van der Waals surface area contributed by atoms with Crippen LogP contribution in [0, 0.1) is 0 Å².